The third-order valence-corrected chi connectivity index (χ3v) is 2.66. The van der Waals surface area contributed by atoms with Crippen LogP contribution in [0.3, 0.4) is 0 Å². The summed E-state index contributed by atoms with van der Waals surface area (Å²) in [7, 11) is 0. The van der Waals surface area contributed by atoms with E-state index in [1.165, 1.54) is 0 Å². The van der Waals surface area contributed by atoms with Crippen LogP contribution in [-0.4, -0.2) is 22.9 Å². The first kappa shape index (κ1) is 12.2. The summed E-state index contributed by atoms with van der Waals surface area (Å²) in [5.41, 5.74) is 8.17. The maximum Gasteiger partial charge on any atom is 0.105 e. The smallest absolute Gasteiger partial charge is 0.105 e. The Morgan fingerprint density at radius 1 is 1.20 bits per heavy atom. The molecular formula is C12H19NO2. The Balaban J connectivity index is 2.94. The molecule has 0 aliphatic heterocycles. The molecule has 0 amide bonds. The van der Waals surface area contributed by atoms with Gasteiger partial charge in [-0.3, -0.25) is 0 Å². The minimum Gasteiger partial charge on any atom is -0.390 e. The summed E-state index contributed by atoms with van der Waals surface area (Å²) >= 11 is 0. The van der Waals surface area contributed by atoms with Crippen molar-refractivity contribution in [3.8, 4) is 0 Å². The van der Waals surface area contributed by atoms with Gasteiger partial charge in [0.2, 0.25) is 0 Å². The van der Waals surface area contributed by atoms with Crippen molar-refractivity contribution >= 4 is 0 Å². The van der Waals surface area contributed by atoms with Gasteiger partial charge in [-0.25, -0.2) is 0 Å². The van der Waals surface area contributed by atoms with Crippen molar-refractivity contribution < 1.29 is 10.2 Å². The third kappa shape index (κ3) is 2.78. The Labute approximate surface area is 90.5 Å². The van der Waals surface area contributed by atoms with Crippen LogP contribution in [-0.2, 0) is 0 Å². The molecule has 4 N–H and O–H groups in total. The molecule has 2 unspecified atom stereocenters. The number of aryl methyl sites for hydroxylation is 2. The van der Waals surface area contributed by atoms with Gasteiger partial charge in [-0.2, -0.15) is 0 Å². The highest BCUT2D eigenvalue weighted by Crippen LogP contribution is 2.25. The van der Waals surface area contributed by atoms with E-state index in [2.05, 4.69) is 0 Å². The largest absolute Gasteiger partial charge is 0.390 e. The molecule has 0 saturated carbocycles. The fourth-order valence-electron chi connectivity index (χ4n) is 1.81. The second-order valence-corrected chi connectivity index (χ2v) is 3.90. The highest BCUT2D eigenvalue weighted by atomic mass is 16.3. The highest BCUT2D eigenvalue weighted by Gasteiger charge is 2.20. The van der Waals surface area contributed by atoms with Gasteiger partial charge in [0.25, 0.3) is 0 Å². The lowest BCUT2D eigenvalue weighted by atomic mass is 9.94. The average molecular weight is 209 g/mol. The molecule has 84 valence electrons. The molecule has 0 fully saturated rings. The minimum absolute atomic E-state index is 0.378. The van der Waals surface area contributed by atoms with Gasteiger partial charge in [-0.1, -0.05) is 18.2 Å². The van der Waals surface area contributed by atoms with E-state index in [1.807, 2.05) is 32.0 Å². The van der Waals surface area contributed by atoms with Gasteiger partial charge in [0.1, 0.15) is 6.10 Å². The molecule has 2 atom stereocenters. The molecule has 1 rings (SSSR count). The van der Waals surface area contributed by atoms with Crippen molar-refractivity contribution in [1.29, 1.82) is 0 Å². The molecule has 0 spiro atoms. The summed E-state index contributed by atoms with van der Waals surface area (Å²) < 4.78 is 0. The van der Waals surface area contributed by atoms with Crippen molar-refractivity contribution in [2.45, 2.75) is 32.5 Å². The van der Waals surface area contributed by atoms with Crippen LogP contribution < -0.4 is 5.73 Å². The van der Waals surface area contributed by atoms with E-state index in [1.54, 1.807) is 0 Å². The lowest BCUT2D eigenvalue weighted by Crippen LogP contribution is -2.23. The molecular weight excluding hydrogens is 190 g/mol. The Morgan fingerprint density at radius 2 is 1.73 bits per heavy atom. The molecule has 3 heteroatoms. The van der Waals surface area contributed by atoms with Gasteiger partial charge in [0.15, 0.2) is 0 Å². The fraction of sp³-hybridized carbons (Fsp3) is 0.500. The van der Waals surface area contributed by atoms with Crippen molar-refractivity contribution in [2.24, 2.45) is 5.73 Å². The molecule has 0 saturated heterocycles. The zero-order chi connectivity index (χ0) is 11.4. The van der Waals surface area contributed by atoms with Gasteiger partial charge in [0, 0.05) is 0 Å². The normalized spacial score (nSPS) is 15.0. The molecule has 0 aromatic heterocycles. The van der Waals surface area contributed by atoms with Crippen molar-refractivity contribution in [1.82, 2.24) is 0 Å². The van der Waals surface area contributed by atoms with Crippen molar-refractivity contribution in [2.75, 3.05) is 6.54 Å². The zero-order valence-electron chi connectivity index (χ0n) is 9.27. The number of aliphatic hydroxyl groups is 2. The first-order chi connectivity index (χ1) is 7.07. The monoisotopic (exact) mass is 209 g/mol. The number of nitrogens with two attached hydrogens (primary N) is 1. The van der Waals surface area contributed by atoms with E-state index in [0.29, 0.717) is 13.0 Å². The number of rotatable bonds is 4. The second kappa shape index (κ2) is 5.26. The maximum atomic E-state index is 9.98. The van der Waals surface area contributed by atoms with Crippen LogP contribution >= 0.6 is 0 Å². The number of hydrogen-bond donors (Lipinski definition) is 3. The fourth-order valence-corrected chi connectivity index (χ4v) is 1.81. The maximum absolute atomic E-state index is 9.98. The molecule has 0 aliphatic rings. The summed E-state index contributed by atoms with van der Waals surface area (Å²) in [4.78, 5) is 0. The van der Waals surface area contributed by atoms with E-state index in [9.17, 15) is 10.2 Å². The average Bonchev–Trinajstić information content (AvgIpc) is 2.17. The quantitative estimate of drug-likeness (QED) is 0.694. The Kier molecular flexibility index (Phi) is 4.27. The van der Waals surface area contributed by atoms with Crippen LogP contribution in [0, 0.1) is 13.8 Å². The summed E-state index contributed by atoms with van der Waals surface area (Å²) in [6.07, 6.45) is -1.21. The van der Waals surface area contributed by atoms with Gasteiger partial charge >= 0.3 is 0 Å². The number of benzene rings is 1. The summed E-state index contributed by atoms with van der Waals surface area (Å²) in [6.45, 7) is 4.24. The highest BCUT2D eigenvalue weighted by molar-refractivity contribution is 5.35. The predicted octanol–water partition coefficient (Wildman–Crippen LogP) is 1.05. The topological polar surface area (TPSA) is 66.5 Å². The summed E-state index contributed by atoms with van der Waals surface area (Å²) in [5.74, 6) is 0. The van der Waals surface area contributed by atoms with Crippen LogP contribution in [0.2, 0.25) is 0 Å². The van der Waals surface area contributed by atoms with Crippen LogP contribution in [0.5, 0.6) is 0 Å². The summed E-state index contributed by atoms with van der Waals surface area (Å²) in [6, 6.07) is 5.80. The van der Waals surface area contributed by atoms with Crippen LogP contribution in [0.15, 0.2) is 18.2 Å². The molecule has 0 aliphatic carbocycles. The predicted molar refractivity (Wildman–Crippen MR) is 60.6 cm³/mol. The van der Waals surface area contributed by atoms with E-state index >= 15 is 0 Å². The minimum atomic E-state index is -0.838. The Hall–Kier alpha value is -0.900. The van der Waals surface area contributed by atoms with Crippen LogP contribution in [0.4, 0.5) is 0 Å². The van der Waals surface area contributed by atoms with E-state index in [-0.39, 0.29) is 0 Å². The zero-order valence-corrected chi connectivity index (χ0v) is 9.27. The van der Waals surface area contributed by atoms with Gasteiger partial charge in [0.05, 0.1) is 6.10 Å². The lowest BCUT2D eigenvalue weighted by Gasteiger charge is -2.21. The Morgan fingerprint density at radius 3 is 2.20 bits per heavy atom. The SMILES string of the molecule is Cc1cccc(C)c1C(O)C(O)CCN. The molecule has 15 heavy (non-hydrogen) atoms. The van der Waals surface area contributed by atoms with Gasteiger partial charge in [-0.15, -0.1) is 0 Å². The first-order valence-corrected chi connectivity index (χ1v) is 5.20. The van der Waals surface area contributed by atoms with Crippen molar-refractivity contribution in [3.05, 3.63) is 34.9 Å². The standard InChI is InChI=1S/C12H19NO2/c1-8-4-3-5-9(2)11(8)12(15)10(14)6-7-13/h3-5,10,12,14-15H,6-7,13H2,1-2H3. The van der Waals surface area contributed by atoms with E-state index in [4.69, 9.17) is 5.73 Å². The molecule has 0 heterocycles. The van der Waals surface area contributed by atoms with Gasteiger partial charge in [-0.05, 0) is 43.5 Å². The van der Waals surface area contributed by atoms with Crippen molar-refractivity contribution in [3.63, 3.8) is 0 Å². The molecule has 0 bridgehead atoms. The molecule has 3 nitrogen and oxygen atoms in total. The molecule has 1 aromatic rings. The first-order valence-electron chi connectivity index (χ1n) is 5.20. The molecule has 0 radical (unpaired) electrons. The van der Waals surface area contributed by atoms with E-state index in [0.717, 1.165) is 16.7 Å². The van der Waals surface area contributed by atoms with Crippen LogP contribution in [0.1, 0.15) is 29.2 Å². The lowest BCUT2D eigenvalue weighted by molar-refractivity contribution is 0.0143. The van der Waals surface area contributed by atoms with Crippen LogP contribution in [0.25, 0.3) is 0 Å². The number of aliphatic hydroxyl groups excluding tert-OH is 2. The second-order valence-electron chi connectivity index (χ2n) is 3.90. The number of hydrogen-bond acceptors (Lipinski definition) is 3. The Bertz CT molecular complexity index is 305. The molecule has 1 aromatic carbocycles. The third-order valence-electron chi connectivity index (χ3n) is 2.66. The summed E-state index contributed by atoms with van der Waals surface area (Å²) in [5, 5.41) is 19.7. The van der Waals surface area contributed by atoms with E-state index < -0.39 is 12.2 Å². The van der Waals surface area contributed by atoms with Gasteiger partial charge < -0.3 is 15.9 Å².